The molecule has 0 spiro atoms. The van der Waals surface area contributed by atoms with Crippen molar-refractivity contribution in [3.05, 3.63) is 41.2 Å². The van der Waals surface area contributed by atoms with E-state index in [2.05, 4.69) is 22.4 Å². The summed E-state index contributed by atoms with van der Waals surface area (Å²) in [5.41, 5.74) is 1.87. The van der Waals surface area contributed by atoms with Crippen LogP contribution in [0, 0.1) is 0 Å². The SMILES string of the molecule is CCCCCc1ccc(C(=O)CCC(=O)OCc2nnnn2CCC)cc1. The van der Waals surface area contributed by atoms with Crippen molar-refractivity contribution in [3.63, 3.8) is 0 Å². The molecule has 2 rings (SSSR count). The minimum atomic E-state index is -0.425. The van der Waals surface area contributed by atoms with Gasteiger partial charge in [0, 0.05) is 18.5 Å². The first kappa shape index (κ1) is 20.7. The van der Waals surface area contributed by atoms with E-state index in [1.165, 1.54) is 18.4 Å². The summed E-state index contributed by atoms with van der Waals surface area (Å²) in [6.07, 6.45) is 5.68. The number of hydrogen-bond donors (Lipinski definition) is 0. The molecule has 7 nitrogen and oxygen atoms in total. The highest BCUT2D eigenvalue weighted by atomic mass is 16.5. The van der Waals surface area contributed by atoms with Gasteiger partial charge in [-0.2, -0.15) is 0 Å². The summed E-state index contributed by atoms with van der Waals surface area (Å²) < 4.78 is 6.79. The fourth-order valence-corrected chi connectivity index (χ4v) is 2.73. The number of carbonyl (C=O) groups is 2. The lowest BCUT2D eigenvalue weighted by molar-refractivity contribution is -0.145. The lowest BCUT2D eigenvalue weighted by Crippen LogP contribution is -2.12. The van der Waals surface area contributed by atoms with Crippen molar-refractivity contribution in [3.8, 4) is 0 Å². The number of esters is 1. The van der Waals surface area contributed by atoms with E-state index in [0.29, 0.717) is 17.9 Å². The molecule has 2 aromatic rings. The summed E-state index contributed by atoms with van der Waals surface area (Å²) in [5, 5.41) is 11.3. The largest absolute Gasteiger partial charge is 0.457 e. The highest BCUT2D eigenvalue weighted by Gasteiger charge is 2.12. The lowest BCUT2D eigenvalue weighted by Gasteiger charge is -2.06. The van der Waals surface area contributed by atoms with Crippen LogP contribution in [0.2, 0.25) is 0 Å². The first-order valence-electron chi connectivity index (χ1n) is 9.66. The molecule has 1 heterocycles. The molecule has 0 radical (unpaired) electrons. The number of ether oxygens (including phenoxy) is 1. The minimum absolute atomic E-state index is 0.0203. The number of tetrazole rings is 1. The zero-order valence-electron chi connectivity index (χ0n) is 16.2. The van der Waals surface area contributed by atoms with Gasteiger partial charge < -0.3 is 4.74 Å². The molecule has 1 aromatic heterocycles. The van der Waals surface area contributed by atoms with Gasteiger partial charge in [0.25, 0.3) is 0 Å². The number of Topliss-reactive ketones (excluding diaryl/α,β-unsaturated/α-hetero) is 1. The Morgan fingerprint density at radius 3 is 2.52 bits per heavy atom. The van der Waals surface area contributed by atoms with E-state index in [1.54, 1.807) is 4.68 Å². The number of aromatic nitrogens is 4. The second-order valence-electron chi connectivity index (χ2n) is 6.56. The summed E-state index contributed by atoms with van der Waals surface area (Å²) >= 11 is 0. The molecule has 1 aromatic carbocycles. The topological polar surface area (TPSA) is 87.0 Å². The van der Waals surface area contributed by atoms with Crippen LogP contribution in [0.15, 0.2) is 24.3 Å². The minimum Gasteiger partial charge on any atom is -0.457 e. The van der Waals surface area contributed by atoms with Gasteiger partial charge in [-0.1, -0.05) is 51.0 Å². The van der Waals surface area contributed by atoms with Crippen LogP contribution in [0.5, 0.6) is 0 Å². The molecule has 0 aliphatic carbocycles. The van der Waals surface area contributed by atoms with Gasteiger partial charge in [0.05, 0.1) is 6.42 Å². The van der Waals surface area contributed by atoms with Gasteiger partial charge in [-0.15, -0.1) is 5.10 Å². The summed E-state index contributed by atoms with van der Waals surface area (Å²) in [4.78, 5) is 24.1. The highest BCUT2D eigenvalue weighted by molar-refractivity contribution is 5.97. The van der Waals surface area contributed by atoms with Crippen LogP contribution in [-0.2, 0) is 29.1 Å². The third-order valence-corrected chi connectivity index (χ3v) is 4.30. The Bertz CT molecular complexity index is 725. The maximum Gasteiger partial charge on any atom is 0.306 e. The molecule has 7 heteroatoms. The van der Waals surface area contributed by atoms with Crippen molar-refractivity contribution >= 4 is 11.8 Å². The standard InChI is InChI=1S/C20H28N4O3/c1-3-5-6-7-16-8-10-17(11-9-16)18(25)12-13-20(26)27-15-19-21-22-23-24(19)14-4-2/h8-11H,3-7,12-15H2,1-2H3. The van der Waals surface area contributed by atoms with E-state index in [4.69, 9.17) is 4.74 Å². The van der Waals surface area contributed by atoms with Gasteiger partial charge in [-0.3, -0.25) is 9.59 Å². The lowest BCUT2D eigenvalue weighted by atomic mass is 10.0. The molecule has 0 fully saturated rings. The Kier molecular flexibility index (Phi) is 8.61. The maximum absolute atomic E-state index is 12.2. The molecule has 0 atom stereocenters. The van der Waals surface area contributed by atoms with Gasteiger partial charge in [-0.05, 0) is 35.3 Å². The zero-order valence-corrected chi connectivity index (χ0v) is 16.2. The number of aryl methyl sites for hydroxylation is 2. The van der Waals surface area contributed by atoms with E-state index >= 15 is 0 Å². The molecule has 0 amide bonds. The third-order valence-electron chi connectivity index (χ3n) is 4.30. The molecule has 0 saturated carbocycles. The van der Waals surface area contributed by atoms with Gasteiger partial charge in [0.2, 0.25) is 0 Å². The highest BCUT2D eigenvalue weighted by Crippen LogP contribution is 2.12. The Balaban J connectivity index is 1.74. The van der Waals surface area contributed by atoms with Crippen molar-refractivity contribution in [2.75, 3.05) is 0 Å². The number of carbonyl (C=O) groups excluding carboxylic acids is 2. The Hall–Kier alpha value is -2.57. The Morgan fingerprint density at radius 2 is 1.81 bits per heavy atom. The van der Waals surface area contributed by atoms with Crippen LogP contribution < -0.4 is 0 Å². The fraction of sp³-hybridized carbons (Fsp3) is 0.550. The van der Waals surface area contributed by atoms with Crippen molar-refractivity contribution in [1.29, 1.82) is 0 Å². The number of benzene rings is 1. The number of nitrogens with zero attached hydrogens (tertiary/aromatic N) is 4. The summed E-state index contributed by atoms with van der Waals surface area (Å²) in [6, 6.07) is 7.67. The van der Waals surface area contributed by atoms with Crippen molar-refractivity contribution in [1.82, 2.24) is 20.2 Å². The van der Waals surface area contributed by atoms with Crippen LogP contribution in [0.4, 0.5) is 0 Å². The summed E-state index contributed by atoms with van der Waals surface area (Å²) in [5.74, 6) is 0.0312. The molecule has 27 heavy (non-hydrogen) atoms. The number of rotatable bonds is 12. The van der Waals surface area contributed by atoms with Gasteiger partial charge in [-0.25, -0.2) is 4.68 Å². The van der Waals surface area contributed by atoms with Crippen LogP contribution in [0.1, 0.15) is 74.1 Å². The first-order valence-corrected chi connectivity index (χ1v) is 9.66. The van der Waals surface area contributed by atoms with Crippen LogP contribution >= 0.6 is 0 Å². The van der Waals surface area contributed by atoms with E-state index in [0.717, 1.165) is 19.3 Å². The smallest absolute Gasteiger partial charge is 0.306 e. The predicted molar refractivity (Wildman–Crippen MR) is 101 cm³/mol. The number of hydrogen-bond acceptors (Lipinski definition) is 6. The molecule has 0 aliphatic rings. The first-order chi connectivity index (χ1) is 13.1. The van der Waals surface area contributed by atoms with Crippen LogP contribution in [-0.4, -0.2) is 32.0 Å². The molecule has 146 valence electrons. The average molecular weight is 372 g/mol. The zero-order chi connectivity index (χ0) is 19.5. The summed E-state index contributed by atoms with van der Waals surface area (Å²) in [6.45, 7) is 4.89. The third kappa shape index (κ3) is 6.92. The fourth-order valence-electron chi connectivity index (χ4n) is 2.73. The molecule has 0 unspecified atom stereocenters. The monoisotopic (exact) mass is 372 g/mol. The van der Waals surface area contributed by atoms with Crippen molar-refractivity contribution in [2.45, 2.75) is 71.9 Å². The summed E-state index contributed by atoms with van der Waals surface area (Å²) in [7, 11) is 0. The Labute approximate surface area is 160 Å². The second kappa shape index (κ2) is 11.2. The average Bonchev–Trinajstić information content (AvgIpc) is 3.12. The van der Waals surface area contributed by atoms with E-state index in [1.807, 2.05) is 31.2 Å². The number of ketones is 1. The van der Waals surface area contributed by atoms with Gasteiger partial charge in [0.1, 0.15) is 0 Å². The van der Waals surface area contributed by atoms with E-state index in [-0.39, 0.29) is 25.2 Å². The molecule has 0 bridgehead atoms. The molecule has 0 aliphatic heterocycles. The molecule has 0 saturated heterocycles. The quantitative estimate of drug-likeness (QED) is 0.322. The van der Waals surface area contributed by atoms with Crippen molar-refractivity contribution < 1.29 is 14.3 Å². The van der Waals surface area contributed by atoms with Crippen LogP contribution in [0.25, 0.3) is 0 Å². The van der Waals surface area contributed by atoms with Crippen molar-refractivity contribution in [2.24, 2.45) is 0 Å². The molecular weight excluding hydrogens is 344 g/mol. The van der Waals surface area contributed by atoms with Gasteiger partial charge in [0.15, 0.2) is 18.2 Å². The van der Waals surface area contributed by atoms with E-state index in [9.17, 15) is 9.59 Å². The predicted octanol–water partition coefficient (Wildman–Crippen LogP) is 3.52. The van der Waals surface area contributed by atoms with E-state index < -0.39 is 5.97 Å². The van der Waals surface area contributed by atoms with Gasteiger partial charge >= 0.3 is 5.97 Å². The molecule has 0 N–H and O–H groups in total. The normalized spacial score (nSPS) is 10.7. The van der Waals surface area contributed by atoms with Crippen LogP contribution in [0.3, 0.4) is 0 Å². The second-order valence-corrected chi connectivity index (χ2v) is 6.56. The molecular formula is C20H28N4O3. The number of unbranched alkanes of at least 4 members (excludes halogenated alkanes) is 2. The maximum atomic E-state index is 12.2. The Morgan fingerprint density at radius 1 is 1.04 bits per heavy atom.